The summed E-state index contributed by atoms with van der Waals surface area (Å²) in [6, 6.07) is 0. The Morgan fingerprint density at radius 2 is 1.57 bits per heavy atom. The number of amides is 1. The molecule has 1 unspecified atom stereocenters. The third-order valence-corrected chi connectivity index (χ3v) is 3.75. The molecule has 2 N–H and O–H groups in total. The van der Waals surface area contributed by atoms with Crippen molar-refractivity contribution in [3.05, 3.63) is 24.3 Å². The zero-order valence-electron chi connectivity index (χ0n) is 14.2. The largest absolute Gasteiger partial charge is 0.370 e. The van der Waals surface area contributed by atoms with Crippen molar-refractivity contribution in [1.82, 2.24) is 0 Å². The third-order valence-electron chi connectivity index (χ3n) is 3.75. The van der Waals surface area contributed by atoms with Crippen LogP contribution in [-0.4, -0.2) is 5.91 Å². The van der Waals surface area contributed by atoms with E-state index in [1.54, 1.807) is 0 Å². The fourth-order valence-corrected chi connectivity index (χ4v) is 2.38. The van der Waals surface area contributed by atoms with Crippen LogP contribution in [0.5, 0.6) is 0 Å². The van der Waals surface area contributed by atoms with E-state index in [1.807, 2.05) is 0 Å². The minimum absolute atomic E-state index is 0.165. The molecule has 122 valence electrons. The van der Waals surface area contributed by atoms with Crippen LogP contribution in [0.3, 0.4) is 0 Å². The highest BCUT2D eigenvalue weighted by Gasteiger charge is 2.00. The highest BCUT2D eigenvalue weighted by atomic mass is 16.1. The molecule has 0 radical (unpaired) electrons. The Morgan fingerprint density at radius 1 is 0.952 bits per heavy atom. The zero-order chi connectivity index (χ0) is 15.8. The van der Waals surface area contributed by atoms with Crippen LogP contribution in [0.4, 0.5) is 0 Å². The second-order valence-electron chi connectivity index (χ2n) is 6.05. The van der Waals surface area contributed by atoms with Gasteiger partial charge in [0.2, 0.25) is 5.91 Å². The van der Waals surface area contributed by atoms with Crippen molar-refractivity contribution in [3.63, 3.8) is 0 Å². The number of hydrogen-bond acceptors (Lipinski definition) is 1. The van der Waals surface area contributed by atoms with Gasteiger partial charge in [0.1, 0.15) is 0 Å². The Hall–Kier alpha value is -1.05. The molecule has 0 rings (SSSR count). The first-order chi connectivity index (χ1) is 10.2. The van der Waals surface area contributed by atoms with E-state index in [0.29, 0.717) is 6.42 Å². The Kier molecular flexibility index (Phi) is 14.6. The SMILES string of the molecule is CC/C=C\C/C=C\CC(C)CCCCCCCCC(N)=O. The number of carbonyl (C=O) groups excluding carboxylic acids is 1. The molecule has 0 fully saturated rings. The van der Waals surface area contributed by atoms with E-state index in [-0.39, 0.29) is 5.91 Å². The molecule has 1 amide bonds. The summed E-state index contributed by atoms with van der Waals surface area (Å²) in [6.07, 6.45) is 21.7. The average Bonchev–Trinajstić information content (AvgIpc) is 2.45. The van der Waals surface area contributed by atoms with E-state index in [2.05, 4.69) is 38.2 Å². The van der Waals surface area contributed by atoms with Crippen molar-refractivity contribution in [1.29, 1.82) is 0 Å². The van der Waals surface area contributed by atoms with Crippen molar-refractivity contribution in [2.24, 2.45) is 11.7 Å². The minimum Gasteiger partial charge on any atom is -0.370 e. The van der Waals surface area contributed by atoms with Gasteiger partial charge in [0.25, 0.3) is 0 Å². The third kappa shape index (κ3) is 16.9. The highest BCUT2D eigenvalue weighted by Crippen LogP contribution is 2.15. The zero-order valence-corrected chi connectivity index (χ0v) is 14.2. The van der Waals surface area contributed by atoms with Crippen molar-refractivity contribution in [3.8, 4) is 0 Å². The van der Waals surface area contributed by atoms with Crippen LogP contribution in [0, 0.1) is 5.92 Å². The summed E-state index contributed by atoms with van der Waals surface area (Å²) >= 11 is 0. The van der Waals surface area contributed by atoms with Gasteiger partial charge in [0.15, 0.2) is 0 Å². The summed E-state index contributed by atoms with van der Waals surface area (Å²) in [6.45, 7) is 4.51. The number of rotatable bonds is 14. The summed E-state index contributed by atoms with van der Waals surface area (Å²) in [7, 11) is 0. The predicted molar refractivity (Wildman–Crippen MR) is 93.1 cm³/mol. The Labute approximate surface area is 131 Å². The topological polar surface area (TPSA) is 43.1 Å². The molecule has 0 aromatic rings. The molecule has 0 saturated heterocycles. The van der Waals surface area contributed by atoms with Crippen molar-refractivity contribution < 1.29 is 4.79 Å². The Morgan fingerprint density at radius 3 is 2.24 bits per heavy atom. The van der Waals surface area contributed by atoms with Gasteiger partial charge >= 0.3 is 0 Å². The molecule has 21 heavy (non-hydrogen) atoms. The first-order valence-electron chi connectivity index (χ1n) is 8.75. The van der Waals surface area contributed by atoms with Crippen molar-refractivity contribution in [2.45, 2.75) is 84.5 Å². The summed E-state index contributed by atoms with van der Waals surface area (Å²) in [5, 5.41) is 0. The van der Waals surface area contributed by atoms with Crippen LogP contribution in [0.15, 0.2) is 24.3 Å². The normalized spacial score (nSPS) is 13.2. The van der Waals surface area contributed by atoms with Crippen LogP contribution < -0.4 is 5.73 Å². The molecule has 0 spiro atoms. The number of allylic oxidation sites excluding steroid dienone is 4. The fraction of sp³-hybridized carbons (Fsp3) is 0.737. The molecule has 0 aliphatic carbocycles. The van der Waals surface area contributed by atoms with Gasteiger partial charge in [-0.15, -0.1) is 0 Å². The lowest BCUT2D eigenvalue weighted by Crippen LogP contribution is -2.09. The highest BCUT2D eigenvalue weighted by molar-refractivity contribution is 5.73. The van der Waals surface area contributed by atoms with Gasteiger partial charge in [0.05, 0.1) is 0 Å². The number of hydrogen-bond donors (Lipinski definition) is 1. The van der Waals surface area contributed by atoms with Gasteiger partial charge in [-0.1, -0.05) is 76.7 Å². The first kappa shape index (κ1) is 19.9. The van der Waals surface area contributed by atoms with Gasteiger partial charge in [-0.2, -0.15) is 0 Å². The van der Waals surface area contributed by atoms with Crippen LogP contribution in [-0.2, 0) is 4.79 Å². The molecule has 1 atom stereocenters. The summed E-state index contributed by atoms with van der Waals surface area (Å²) in [5.41, 5.74) is 5.11. The predicted octanol–water partition coefficient (Wildman–Crippen LogP) is 5.53. The van der Waals surface area contributed by atoms with E-state index in [0.717, 1.165) is 31.6 Å². The fourth-order valence-electron chi connectivity index (χ4n) is 2.38. The van der Waals surface area contributed by atoms with E-state index >= 15 is 0 Å². The number of primary amides is 1. The molecule has 0 aromatic heterocycles. The van der Waals surface area contributed by atoms with Crippen molar-refractivity contribution in [2.75, 3.05) is 0 Å². The van der Waals surface area contributed by atoms with Crippen molar-refractivity contribution >= 4 is 5.91 Å². The molecule has 0 saturated carbocycles. The summed E-state index contributed by atoms with van der Waals surface area (Å²) in [4.78, 5) is 10.6. The van der Waals surface area contributed by atoms with Crippen LogP contribution in [0.25, 0.3) is 0 Å². The smallest absolute Gasteiger partial charge is 0.217 e. The van der Waals surface area contributed by atoms with E-state index in [9.17, 15) is 4.79 Å². The monoisotopic (exact) mass is 293 g/mol. The molecular formula is C19H35NO. The number of carbonyl (C=O) groups is 1. The van der Waals surface area contributed by atoms with Crippen LogP contribution in [0.1, 0.15) is 84.5 Å². The van der Waals surface area contributed by atoms with Gasteiger partial charge < -0.3 is 5.73 Å². The van der Waals surface area contributed by atoms with E-state index in [4.69, 9.17) is 5.73 Å². The van der Waals surface area contributed by atoms with Gasteiger partial charge in [-0.25, -0.2) is 0 Å². The minimum atomic E-state index is -0.165. The van der Waals surface area contributed by atoms with Gasteiger partial charge in [-0.05, 0) is 31.6 Å². The summed E-state index contributed by atoms with van der Waals surface area (Å²) < 4.78 is 0. The van der Waals surface area contributed by atoms with Crippen LogP contribution >= 0.6 is 0 Å². The molecule has 0 aromatic carbocycles. The molecule has 0 aliphatic rings. The lowest BCUT2D eigenvalue weighted by Gasteiger charge is -2.08. The van der Waals surface area contributed by atoms with Crippen LogP contribution in [0.2, 0.25) is 0 Å². The van der Waals surface area contributed by atoms with E-state index in [1.165, 1.54) is 38.5 Å². The standard InChI is InChI=1S/C19H35NO/c1-3-4-5-6-9-12-15-18(2)16-13-10-7-8-11-14-17-19(20)21/h4-5,9,12,18H,3,6-8,10-11,13-17H2,1-2H3,(H2,20,21)/b5-4-,12-9-. The molecule has 2 heteroatoms. The first-order valence-corrected chi connectivity index (χ1v) is 8.75. The van der Waals surface area contributed by atoms with Gasteiger partial charge in [0, 0.05) is 6.42 Å². The number of nitrogens with two attached hydrogens (primary N) is 1. The second-order valence-corrected chi connectivity index (χ2v) is 6.05. The lowest BCUT2D eigenvalue weighted by atomic mass is 9.98. The Bertz CT molecular complexity index is 294. The molecule has 0 heterocycles. The molecular weight excluding hydrogens is 258 g/mol. The molecule has 0 bridgehead atoms. The second kappa shape index (κ2) is 15.3. The molecule has 0 aliphatic heterocycles. The quantitative estimate of drug-likeness (QED) is 0.332. The lowest BCUT2D eigenvalue weighted by molar-refractivity contribution is -0.118. The summed E-state index contributed by atoms with van der Waals surface area (Å²) in [5.74, 6) is 0.633. The van der Waals surface area contributed by atoms with E-state index < -0.39 is 0 Å². The Balaban J connectivity index is 3.31. The maximum atomic E-state index is 10.6. The molecule has 2 nitrogen and oxygen atoms in total. The maximum absolute atomic E-state index is 10.6. The van der Waals surface area contributed by atoms with Gasteiger partial charge in [-0.3, -0.25) is 4.79 Å². The number of unbranched alkanes of at least 4 members (excludes halogenated alkanes) is 5. The average molecular weight is 293 g/mol. The maximum Gasteiger partial charge on any atom is 0.217 e.